The van der Waals surface area contributed by atoms with E-state index in [1.54, 1.807) is 0 Å². The zero-order valence-electron chi connectivity index (χ0n) is 10.9. The van der Waals surface area contributed by atoms with E-state index in [0.717, 1.165) is 29.1 Å². The van der Waals surface area contributed by atoms with E-state index in [0.29, 0.717) is 11.1 Å². The number of hydrogen-bond donors (Lipinski definition) is 1. The fourth-order valence-corrected chi connectivity index (χ4v) is 2.62. The molecule has 5 heteroatoms. The molecule has 1 aromatic heterocycles. The van der Waals surface area contributed by atoms with Crippen molar-refractivity contribution in [3.05, 3.63) is 17.2 Å². The van der Waals surface area contributed by atoms with Crippen molar-refractivity contribution in [3.63, 3.8) is 0 Å². The van der Waals surface area contributed by atoms with Crippen LogP contribution in [0.5, 0.6) is 0 Å². The Labute approximate surface area is 117 Å². The second-order valence-corrected chi connectivity index (χ2v) is 6.01. The van der Waals surface area contributed by atoms with E-state index < -0.39 is 0 Å². The van der Waals surface area contributed by atoms with Gasteiger partial charge in [-0.25, -0.2) is 0 Å². The molecule has 1 atom stereocenters. The van der Waals surface area contributed by atoms with Crippen molar-refractivity contribution in [2.75, 3.05) is 5.32 Å². The Morgan fingerprint density at radius 3 is 2.72 bits per heavy atom. The molecule has 0 amide bonds. The van der Waals surface area contributed by atoms with Crippen LogP contribution in [0.4, 0.5) is 5.69 Å². The van der Waals surface area contributed by atoms with Crippen molar-refractivity contribution < 1.29 is 0 Å². The highest BCUT2D eigenvalue weighted by Gasteiger charge is 2.12. The first-order chi connectivity index (χ1) is 8.58. The molecule has 18 heavy (non-hydrogen) atoms. The summed E-state index contributed by atoms with van der Waals surface area (Å²) >= 11 is 7.46. The Bertz CT molecular complexity index is 524. The van der Waals surface area contributed by atoms with Crippen molar-refractivity contribution in [2.24, 2.45) is 5.92 Å². The first-order valence-corrected chi connectivity index (χ1v) is 7.36. The average Bonchev–Trinajstić information content (AvgIpc) is 2.78. The van der Waals surface area contributed by atoms with Gasteiger partial charge in [-0.05, 0) is 37.8 Å². The minimum absolute atomic E-state index is 0.386. The molecule has 98 valence electrons. The summed E-state index contributed by atoms with van der Waals surface area (Å²) in [4.78, 5) is 0. The zero-order valence-corrected chi connectivity index (χ0v) is 12.5. The summed E-state index contributed by atoms with van der Waals surface area (Å²) in [5.74, 6) is 0.724. The molecule has 0 saturated carbocycles. The molecule has 0 aliphatic rings. The van der Waals surface area contributed by atoms with E-state index in [4.69, 9.17) is 11.6 Å². The summed E-state index contributed by atoms with van der Waals surface area (Å²) in [5.41, 5.74) is 2.70. The monoisotopic (exact) mass is 283 g/mol. The molecule has 2 aromatic rings. The quantitative estimate of drug-likeness (QED) is 0.873. The number of nitrogens with zero attached hydrogens (tertiary/aromatic N) is 2. The molecule has 0 saturated heterocycles. The van der Waals surface area contributed by atoms with Crippen molar-refractivity contribution in [1.29, 1.82) is 0 Å². The summed E-state index contributed by atoms with van der Waals surface area (Å²) in [6.45, 7) is 6.66. The second kappa shape index (κ2) is 5.85. The van der Waals surface area contributed by atoms with E-state index in [-0.39, 0.29) is 0 Å². The molecular formula is C13H18ClN3S. The van der Waals surface area contributed by atoms with Gasteiger partial charge in [-0.1, -0.05) is 25.4 Å². The lowest BCUT2D eigenvalue weighted by molar-refractivity contribution is 0.528. The van der Waals surface area contributed by atoms with Crippen LogP contribution in [-0.2, 0) is 0 Å². The Balaban J connectivity index is 2.15. The smallest absolute Gasteiger partial charge is 0.129 e. The number of aromatic nitrogens is 2. The molecule has 0 radical (unpaired) electrons. The van der Waals surface area contributed by atoms with Crippen LogP contribution in [0.2, 0.25) is 5.02 Å². The van der Waals surface area contributed by atoms with Gasteiger partial charge >= 0.3 is 0 Å². The summed E-state index contributed by atoms with van der Waals surface area (Å²) in [5, 5.41) is 4.18. The number of rotatable bonds is 5. The van der Waals surface area contributed by atoms with Crippen LogP contribution in [0, 0.1) is 5.92 Å². The Kier molecular flexibility index (Phi) is 4.40. The first kappa shape index (κ1) is 13.6. The highest BCUT2D eigenvalue weighted by Crippen LogP contribution is 2.30. The third-order valence-corrected chi connectivity index (χ3v) is 3.80. The molecule has 0 fully saturated rings. The number of nitrogens with one attached hydrogen (secondary N) is 1. The molecular weight excluding hydrogens is 266 g/mol. The fourth-order valence-electron chi connectivity index (χ4n) is 1.87. The van der Waals surface area contributed by atoms with Gasteiger partial charge in [0.15, 0.2) is 0 Å². The van der Waals surface area contributed by atoms with Gasteiger partial charge in [0, 0.05) is 6.04 Å². The van der Waals surface area contributed by atoms with Crippen molar-refractivity contribution in [1.82, 2.24) is 8.75 Å². The van der Waals surface area contributed by atoms with Crippen LogP contribution >= 0.6 is 23.3 Å². The van der Waals surface area contributed by atoms with Crippen LogP contribution in [0.15, 0.2) is 12.1 Å². The highest BCUT2D eigenvalue weighted by molar-refractivity contribution is 7.00. The molecule has 1 N–H and O–H groups in total. The third-order valence-electron chi connectivity index (χ3n) is 2.94. The van der Waals surface area contributed by atoms with E-state index in [2.05, 4.69) is 34.8 Å². The van der Waals surface area contributed by atoms with Crippen molar-refractivity contribution in [2.45, 2.75) is 39.7 Å². The molecule has 0 spiro atoms. The van der Waals surface area contributed by atoms with E-state index in [9.17, 15) is 0 Å². The maximum Gasteiger partial charge on any atom is 0.129 e. The summed E-state index contributed by atoms with van der Waals surface area (Å²) in [7, 11) is 0. The van der Waals surface area contributed by atoms with Crippen LogP contribution in [0.25, 0.3) is 11.0 Å². The second-order valence-electron chi connectivity index (χ2n) is 5.07. The SMILES string of the molecule is CC(C)CCC(C)Nc1c(Cl)ccc2nsnc12. The Morgan fingerprint density at radius 1 is 1.22 bits per heavy atom. The number of fused-ring (bicyclic) bond motifs is 1. The predicted octanol–water partition coefficient (Wildman–Crippen LogP) is 4.58. The lowest BCUT2D eigenvalue weighted by Gasteiger charge is -2.17. The van der Waals surface area contributed by atoms with Gasteiger partial charge in [-0.3, -0.25) is 0 Å². The summed E-state index contributed by atoms with van der Waals surface area (Å²) < 4.78 is 8.55. The molecule has 0 aliphatic carbocycles. The molecule has 1 aromatic carbocycles. The number of halogens is 1. The summed E-state index contributed by atoms with van der Waals surface area (Å²) in [6.07, 6.45) is 2.33. The van der Waals surface area contributed by atoms with Crippen LogP contribution in [0.1, 0.15) is 33.6 Å². The minimum atomic E-state index is 0.386. The van der Waals surface area contributed by atoms with E-state index in [1.807, 2.05) is 12.1 Å². The van der Waals surface area contributed by atoms with E-state index >= 15 is 0 Å². The topological polar surface area (TPSA) is 37.8 Å². The van der Waals surface area contributed by atoms with Gasteiger partial charge in [-0.15, -0.1) is 0 Å². The predicted molar refractivity (Wildman–Crippen MR) is 79.6 cm³/mol. The maximum atomic E-state index is 6.24. The van der Waals surface area contributed by atoms with Gasteiger partial charge in [0.05, 0.1) is 22.4 Å². The lowest BCUT2D eigenvalue weighted by Crippen LogP contribution is -2.16. The number of hydrogen-bond acceptors (Lipinski definition) is 4. The zero-order chi connectivity index (χ0) is 13.1. The van der Waals surface area contributed by atoms with Gasteiger partial charge in [0.25, 0.3) is 0 Å². The molecule has 1 heterocycles. The fraction of sp³-hybridized carbons (Fsp3) is 0.538. The van der Waals surface area contributed by atoms with Crippen LogP contribution < -0.4 is 5.32 Å². The van der Waals surface area contributed by atoms with Gasteiger partial charge < -0.3 is 5.32 Å². The van der Waals surface area contributed by atoms with Crippen LogP contribution in [0.3, 0.4) is 0 Å². The first-order valence-electron chi connectivity index (χ1n) is 6.25. The third kappa shape index (κ3) is 3.12. The van der Waals surface area contributed by atoms with Gasteiger partial charge in [0.2, 0.25) is 0 Å². The minimum Gasteiger partial charge on any atom is -0.380 e. The number of benzene rings is 1. The maximum absolute atomic E-state index is 6.24. The summed E-state index contributed by atoms with van der Waals surface area (Å²) in [6, 6.07) is 4.17. The highest BCUT2D eigenvalue weighted by atomic mass is 35.5. The van der Waals surface area contributed by atoms with Crippen molar-refractivity contribution in [3.8, 4) is 0 Å². The molecule has 0 aliphatic heterocycles. The Morgan fingerprint density at radius 2 is 2.00 bits per heavy atom. The lowest BCUT2D eigenvalue weighted by atomic mass is 10.0. The molecule has 1 unspecified atom stereocenters. The normalized spacial score (nSPS) is 13.2. The Hall–Kier alpha value is -0.870. The standard InChI is InChI=1S/C13H18ClN3S/c1-8(2)4-5-9(3)15-12-10(14)6-7-11-13(12)17-18-16-11/h6-9,15H,4-5H2,1-3H3. The molecule has 2 rings (SSSR count). The van der Waals surface area contributed by atoms with Crippen molar-refractivity contribution >= 4 is 40.0 Å². The molecule has 0 bridgehead atoms. The van der Waals surface area contributed by atoms with Crippen LogP contribution in [-0.4, -0.2) is 14.8 Å². The average molecular weight is 284 g/mol. The molecule has 3 nitrogen and oxygen atoms in total. The largest absolute Gasteiger partial charge is 0.380 e. The van der Waals surface area contributed by atoms with Gasteiger partial charge in [-0.2, -0.15) is 8.75 Å². The number of anilines is 1. The van der Waals surface area contributed by atoms with Gasteiger partial charge in [0.1, 0.15) is 11.0 Å². The van der Waals surface area contributed by atoms with E-state index in [1.165, 1.54) is 18.1 Å².